The molecule has 0 aliphatic carbocycles. The lowest BCUT2D eigenvalue weighted by Gasteiger charge is -2.47. The van der Waals surface area contributed by atoms with Crippen LogP contribution in [0.25, 0.3) is 10.8 Å². The lowest BCUT2D eigenvalue weighted by Crippen LogP contribution is -2.52. The molecule has 1 unspecified atom stereocenters. The SMILES string of the molecule is CC(CCN)C1(c2cccc3ccccc23)COC1. The van der Waals surface area contributed by atoms with Gasteiger partial charge in [-0.1, -0.05) is 49.4 Å². The fourth-order valence-corrected chi connectivity index (χ4v) is 3.21. The van der Waals surface area contributed by atoms with Gasteiger partial charge in [0.05, 0.1) is 13.2 Å². The van der Waals surface area contributed by atoms with Gasteiger partial charge in [-0.2, -0.15) is 0 Å². The maximum atomic E-state index is 5.75. The third-order valence-electron chi connectivity index (χ3n) is 4.59. The summed E-state index contributed by atoms with van der Waals surface area (Å²) in [5.74, 6) is 0.553. The summed E-state index contributed by atoms with van der Waals surface area (Å²) in [5, 5.41) is 2.67. The summed E-state index contributed by atoms with van der Waals surface area (Å²) < 4.78 is 5.57. The average Bonchev–Trinajstić information content (AvgIpc) is 2.38. The maximum Gasteiger partial charge on any atom is 0.0588 e. The molecule has 19 heavy (non-hydrogen) atoms. The molecule has 0 aromatic heterocycles. The molecule has 1 aliphatic heterocycles. The number of fused-ring (bicyclic) bond motifs is 1. The van der Waals surface area contributed by atoms with Crippen molar-refractivity contribution in [3.63, 3.8) is 0 Å². The fraction of sp³-hybridized carbons (Fsp3) is 0.412. The third kappa shape index (κ3) is 1.96. The quantitative estimate of drug-likeness (QED) is 0.911. The molecule has 0 bridgehead atoms. The highest BCUT2D eigenvalue weighted by molar-refractivity contribution is 5.86. The van der Waals surface area contributed by atoms with E-state index >= 15 is 0 Å². The van der Waals surface area contributed by atoms with Crippen molar-refractivity contribution in [1.29, 1.82) is 0 Å². The van der Waals surface area contributed by atoms with E-state index in [4.69, 9.17) is 10.5 Å². The first-order valence-corrected chi connectivity index (χ1v) is 7.04. The molecule has 2 heteroatoms. The zero-order chi connectivity index (χ0) is 13.3. The van der Waals surface area contributed by atoms with Gasteiger partial charge in [-0.25, -0.2) is 0 Å². The Morgan fingerprint density at radius 1 is 1.16 bits per heavy atom. The lowest BCUT2D eigenvalue weighted by atomic mass is 9.67. The largest absolute Gasteiger partial charge is 0.379 e. The van der Waals surface area contributed by atoms with E-state index < -0.39 is 0 Å². The number of hydrogen-bond donors (Lipinski definition) is 1. The molecule has 0 radical (unpaired) electrons. The Labute approximate surface area is 114 Å². The van der Waals surface area contributed by atoms with Crippen molar-refractivity contribution in [2.75, 3.05) is 19.8 Å². The number of ether oxygens (including phenoxy) is 1. The first-order valence-electron chi connectivity index (χ1n) is 7.04. The summed E-state index contributed by atoms with van der Waals surface area (Å²) >= 11 is 0. The topological polar surface area (TPSA) is 35.2 Å². The van der Waals surface area contributed by atoms with Gasteiger partial charge in [0.15, 0.2) is 0 Å². The Balaban J connectivity index is 2.11. The van der Waals surface area contributed by atoms with Gasteiger partial charge in [0, 0.05) is 5.41 Å². The van der Waals surface area contributed by atoms with E-state index in [9.17, 15) is 0 Å². The summed E-state index contributed by atoms with van der Waals surface area (Å²) in [6, 6.07) is 15.2. The maximum absolute atomic E-state index is 5.75. The van der Waals surface area contributed by atoms with Crippen LogP contribution in [0.3, 0.4) is 0 Å². The van der Waals surface area contributed by atoms with E-state index in [1.54, 1.807) is 0 Å². The van der Waals surface area contributed by atoms with Crippen LogP contribution in [-0.2, 0) is 10.2 Å². The van der Waals surface area contributed by atoms with Crippen LogP contribution >= 0.6 is 0 Å². The summed E-state index contributed by atoms with van der Waals surface area (Å²) in [6.45, 7) is 4.69. The molecule has 3 rings (SSSR count). The van der Waals surface area contributed by atoms with Gasteiger partial charge >= 0.3 is 0 Å². The minimum atomic E-state index is 0.153. The molecule has 1 atom stereocenters. The van der Waals surface area contributed by atoms with Crippen molar-refractivity contribution in [1.82, 2.24) is 0 Å². The van der Waals surface area contributed by atoms with Gasteiger partial charge in [-0.3, -0.25) is 0 Å². The minimum Gasteiger partial charge on any atom is -0.379 e. The molecular formula is C17H21NO. The molecule has 1 saturated heterocycles. The van der Waals surface area contributed by atoms with Gasteiger partial charge in [0.25, 0.3) is 0 Å². The number of benzene rings is 2. The van der Waals surface area contributed by atoms with Crippen molar-refractivity contribution in [2.45, 2.75) is 18.8 Å². The van der Waals surface area contributed by atoms with Crippen LogP contribution in [0.1, 0.15) is 18.9 Å². The lowest BCUT2D eigenvalue weighted by molar-refractivity contribution is -0.0875. The predicted molar refractivity (Wildman–Crippen MR) is 79.3 cm³/mol. The van der Waals surface area contributed by atoms with Crippen LogP contribution in [-0.4, -0.2) is 19.8 Å². The predicted octanol–water partition coefficient (Wildman–Crippen LogP) is 3.09. The number of nitrogens with two attached hydrogens (primary N) is 1. The van der Waals surface area contributed by atoms with Crippen molar-refractivity contribution in [3.05, 3.63) is 48.0 Å². The Morgan fingerprint density at radius 3 is 2.58 bits per heavy atom. The van der Waals surface area contributed by atoms with Gasteiger partial charge < -0.3 is 10.5 Å². The van der Waals surface area contributed by atoms with E-state index in [0.717, 1.165) is 26.2 Å². The molecule has 2 N–H and O–H groups in total. The highest BCUT2D eigenvalue weighted by Gasteiger charge is 2.45. The van der Waals surface area contributed by atoms with Gasteiger partial charge in [0.2, 0.25) is 0 Å². The Morgan fingerprint density at radius 2 is 1.89 bits per heavy atom. The molecule has 1 fully saturated rings. The molecule has 2 aromatic rings. The van der Waals surface area contributed by atoms with E-state index in [-0.39, 0.29) is 5.41 Å². The van der Waals surface area contributed by atoms with Crippen LogP contribution in [0.5, 0.6) is 0 Å². The minimum absolute atomic E-state index is 0.153. The molecule has 0 amide bonds. The summed E-state index contributed by atoms with van der Waals surface area (Å²) in [5.41, 5.74) is 7.34. The first-order chi connectivity index (χ1) is 9.28. The summed E-state index contributed by atoms with van der Waals surface area (Å²) in [4.78, 5) is 0. The van der Waals surface area contributed by atoms with Crippen LogP contribution in [0.2, 0.25) is 0 Å². The van der Waals surface area contributed by atoms with Crippen molar-refractivity contribution < 1.29 is 4.74 Å². The Bertz CT molecular complexity index is 569. The van der Waals surface area contributed by atoms with Crippen LogP contribution in [0.4, 0.5) is 0 Å². The standard InChI is InChI=1S/C17H21NO/c1-13(9-10-18)17(11-19-12-17)16-8-4-6-14-5-2-3-7-15(14)16/h2-8,13H,9-12,18H2,1H3. The second-order valence-electron chi connectivity index (χ2n) is 5.65. The van der Waals surface area contributed by atoms with E-state index in [0.29, 0.717) is 5.92 Å². The monoisotopic (exact) mass is 255 g/mol. The zero-order valence-electron chi connectivity index (χ0n) is 11.4. The normalized spacial score (nSPS) is 19.1. The summed E-state index contributed by atoms with van der Waals surface area (Å²) in [7, 11) is 0. The molecule has 1 heterocycles. The van der Waals surface area contributed by atoms with Crippen molar-refractivity contribution in [2.24, 2.45) is 11.7 Å². The molecule has 1 aliphatic rings. The highest BCUT2D eigenvalue weighted by atomic mass is 16.5. The van der Waals surface area contributed by atoms with Gasteiger partial charge in [0.1, 0.15) is 0 Å². The zero-order valence-corrected chi connectivity index (χ0v) is 11.4. The second kappa shape index (κ2) is 4.95. The van der Waals surface area contributed by atoms with Gasteiger partial charge in [-0.05, 0) is 35.2 Å². The summed E-state index contributed by atoms with van der Waals surface area (Å²) in [6.07, 6.45) is 1.05. The third-order valence-corrected chi connectivity index (χ3v) is 4.59. The van der Waals surface area contributed by atoms with E-state index in [1.165, 1.54) is 16.3 Å². The number of rotatable bonds is 4. The number of hydrogen-bond acceptors (Lipinski definition) is 2. The Kier molecular flexibility index (Phi) is 3.29. The smallest absolute Gasteiger partial charge is 0.0588 e. The van der Waals surface area contributed by atoms with Gasteiger partial charge in [-0.15, -0.1) is 0 Å². The van der Waals surface area contributed by atoms with Crippen LogP contribution in [0.15, 0.2) is 42.5 Å². The second-order valence-corrected chi connectivity index (χ2v) is 5.65. The average molecular weight is 255 g/mol. The van der Waals surface area contributed by atoms with E-state index in [1.807, 2.05) is 0 Å². The molecular weight excluding hydrogens is 234 g/mol. The molecule has 2 nitrogen and oxygen atoms in total. The molecule has 2 aromatic carbocycles. The Hall–Kier alpha value is -1.38. The molecule has 0 saturated carbocycles. The van der Waals surface area contributed by atoms with Crippen molar-refractivity contribution >= 4 is 10.8 Å². The van der Waals surface area contributed by atoms with Crippen molar-refractivity contribution in [3.8, 4) is 0 Å². The fourth-order valence-electron chi connectivity index (χ4n) is 3.21. The molecule has 0 spiro atoms. The first kappa shape index (κ1) is 12.6. The highest BCUT2D eigenvalue weighted by Crippen LogP contribution is 2.43. The molecule has 100 valence electrons. The van der Waals surface area contributed by atoms with Crippen LogP contribution < -0.4 is 5.73 Å². The van der Waals surface area contributed by atoms with Crippen LogP contribution in [0, 0.1) is 5.92 Å². The van der Waals surface area contributed by atoms with E-state index in [2.05, 4.69) is 49.4 Å².